The number of carbonyl (C=O) groups is 1. The monoisotopic (exact) mass is 285 g/mol. The Morgan fingerprint density at radius 2 is 2.39 bits per heavy atom. The van der Waals surface area contributed by atoms with Gasteiger partial charge in [0.25, 0.3) is 0 Å². The van der Waals surface area contributed by atoms with Crippen LogP contribution in [0.25, 0.3) is 0 Å². The number of hydrogen-bond donors (Lipinski definition) is 1. The van der Waals surface area contributed by atoms with Crippen LogP contribution in [0.2, 0.25) is 0 Å². The van der Waals surface area contributed by atoms with Crippen LogP contribution in [0.4, 0.5) is 5.82 Å². The summed E-state index contributed by atoms with van der Waals surface area (Å²) in [4.78, 5) is 11.2. The molecule has 98 valence electrons. The van der Waals surface area contributed by atoms with Crippen LogP contribution >= 0.6 is 23.5 Å². The summed E-state index contributed by atoms with van der Waals surface area (Å²) in [7, 11) is 1.33. The zero-order chi connectivity index (χ0) is 12.8. The van der Waals surface area contributed by atoms with E-state index in [1.807, 2.05) is 23.5 Å². The van der Waals surface area contributed by atoms with Gasteiger partial charge in [0.05, 0.1) is 7.11 Å². The van der Waals surface area contributed by atoms with Gasteiger partial charge in [0.2, 0.25) is 0 Å². The molecule has 1 atom stereocenters. The summed E-state index contributed by atoms with van der Waals surface area (Å²) >= 11 is 3.98. The minimum atomic E-state index is -0.465. The molecule has 2 rings (SSSR count). The molecule has 1 aliphatic rings. The van der Waals surface area contributed by atoms with Gasteiger partial charge in [-0.3, -0.25) is 0 Å². The fourth-order valence-corrected chi connectivity index (χ4v) is 4.12. The van der Waals surface area contributed by atoms with Gasteiger partial charge >= 0.3 is 5.97 Å². The predicted molar refractivity (Wildman–Crippen MR) is 75.4 cm³/mol. The van der Waals surface area contributed by atoms with Crippen LogP contribution in [0.15, 0.2) is 12.1 Å². The van der Waals surface area contributed by atoms with Crippen molar-refractivity contribution in [1.82, 2.24) is 10.2 Å². The number of hydrogen-bond acceptors (Lipinski definition) is 7. The van der Waals surface area contributed by atoms with Crippen molar-refractivity contribution in [3.63, 3.8) is 0 Å². The highest BCUT2D eigenvalue weighted by Gasteiger charge is 2.14. The number of esters is 1. The van der Waals surface area contributed by atoms with E-state index in [0.717, 1.165) is 6.54 Å². The molecule has 1 N–H and O–H groups in total. The van der Waals surface area contributed by atoms with E-state index in [4.69, 9.17) is 0 Å². The smallest absolute Gasteiger partial charge is 0.358 e. The molecule has 0 amide bonds. The van der Waals surface area contributed by atoms with Gasteiger partial charge in [-0.25, -0.2) is 4.79 Å². The average molecular weight is 285 g/mol. The first-order valence-electron chi connectivity index (χ1n) is 5.65. The van der Waals surface area contributed by atoms with Gasteiger partial charge in [0, 0.05) is 29.1 Å². The van der Waals surface area contributed by atoms with Crippen LogP contribution in [0.3, 0.4) is 0 Å². The molecule has 0 radical (unpaired) electrons. The van der Waals surface area contributed by atoms with Crippen molar-refractivity contribution < 1.29 is 9.53 Å². The minimum absolute atomic E-state index is 0.227. The van der Waals surface area contributed by atoms with Gasteiger partial charge in [-0.15, -0.1) is 10.2 Å². The number of thioether (sulfide) groups is 2. The van der Waals surface area contributed by atoms with Crippen molar-refractivity contribution in [1.29, 1.82) is 0 Å². The number of nitrogens with zero attached hydrogens (tertiary/aromatic N) is 2. The highest BCUT2D eigenvalue weighted by atomic mass is 32.2. The fourth-order valence-electron chi connectivity index (χ4n) is 1.51. The number of ether oxygens (including phenoxy) is 1. The third kappa shape index (κ3) is 3.78. The normalized spacial score (nSPS) is 19.3. The van der Waals surface area contributed by atoms with E-state index in [-0.39, 0.29) is 5.69 Å². The predicted octanol–water partition coefficient (Wildman–Crippen LogP) is 1.52. The molecular formula is C11H15N3O2S2. The molecule has 1 unspecified atom stereocenters. The zero-order valence-electron chi connectivity index (χ0n) is 10.1. The largest absolute Gasteiger partial charge is 0.464 e. The molecule has 0 spiro atoms. The standard InChI is InChI=1S/C11H15N3O2S2/c1-16-11(15)9-2-3-10(14-13-9)12-6-8-7-17-4-5-18-8/h2-3,8H,4-7H2,1H3,(H,12,14). The second-order valence-corrected chi connectivity index (χ2v) is 6.30. The Kier molecular flexibility index (Phi) is 5.12. The molecule has 1 saturated heterocycles. The van der Waals surface area contributed by atoms with E-state index in [0.29, 0.717) is 11.1 Å². The molecule has 1 aliphatic heterocycles. The van der Waals surface area contributed by atoms with Gasteiger partial charge in [0.15, 0.2) is 5.69 Å². The molecule has 2 heterocycles. The van der Waals surface area contributed by atoms with E-state index in [9.17, 15) is 4.79 Å². The summed E-state index contributed by atoms with van der Waals surface area (Å²) in [5.41, 5.74) is 0.227. The van der Waals surface area contributed by atoms with Gasteiger partial charge in [0.1, 0.15) is 5.82 Å². The zero-order valence-corrected chi connectivity index (χ0v) is 11.7. The maximum atomic E-state index is 11.2. The lowest BCUT2D eigenvalue weighted by Gasteiger charge is -2.21. The highest BCUT2D eigenvalue weighted by molar-refractivity contribution is 8.06. The average Bonchev–Trinajstić information content (AvgIpc) is 2.46. The maximum absolute atomic E-state index is 11.2. The summed E-state index contributed by atoms with van der Waals surface area (Å²) < 4.78 is 4.56. The number of rotatable bonds is 4. The van der Waals surface area contributed by atoms with Crippen molar-refractivity contribution in [2.45, 2.75) is 5.25 Å². The van der Waals surface area contributed by atoms with Gasteiger partial charge in [-0.2, -0.15) is 23.5 Å². The molecule has 18 heavy (non-hydrogen) atoms. The number of anilines is 1. The minimum Gasteiger partial charge on any atom is -0.464 e. The van der Waals surface area contributed by atoms with E-state index < -0.39 is 5.97 Å². The van der Waals surface area contributed by atoms with E-state index in [1.165, 1.54) is 24.4 Å². The quantitative estimate of drug-likeness (QED) is 0.841. The molecule has 1 fully saturated rings. The second kappa shape index (κ2) is 6.84. The first-order chi connectivity index (χ1) is 8.79. The van der Waals surface area contributed by atoms with Crippen LogP contribution in [-0.2, 0) is 4.74 Å². The van der Waals surface area contributed by atoms with Gasteiger partial charge in [-0.05, 0) is 12.1 Å². The van der Waals surface area contributed by atoms with Crippen molar-refractivity contribution >= 4 is 35.3 Å². The van der Waals surface area contributed by atoms with Gasteiger partial charge < -0.3 is 10.1 Å². The lowest BCUT2D eigenvalue weighted by Crippen LogP contribution is -2.23. The van der Waals surface area contributed by atoms with E-state index in [1.54, 1.807) is 12.1 Å². The summed E-state index contributed by atoms with van der Waals surface area (Å²) in [6.45, 7) is 0.879. The number of methoxy groups -OCH3 is 1. The molecule has 1 aromatic heterocycles. The number of nitrogens with one attached hydrogen (secondary N) is 1. The van der Waals surface area contributed by atoms with Crippen LogP contribution in [0.1, 0.15) is 10.5 Å². The summed E-state index contributed by atoms with van der Waals surface area (Å²) in [6.07, 6.45) is 0. The van der Waals surface area contributed by atoms with Crippen molar-refractivity contribution in [2.75, 3.05) is 36.2 Å². The first-order valence-corrected chi connectivity index (χ1v) is 7.85. The van der Waals surface area contributed by atoms with Crippen LogP contribution in [0, 0.1) is 0 Å². The molecule has 0 bridgehead atoms. The second-order valence-electron chi connectivity index (χ2n) is 3.74. The van der Waals surface area contributed by atoms with Crippen molar-refractivity contribution in [3.05, 3.63) is 17.8 Å². The third-order valence-corrected chi connectivity index (χ3v) is 5.30. The number of aromatic nitrogens is 2. The van der Waals surface area contributed by atoms with Crippen molar-refractivity contribution in [2.24, 2.45) is 0 Å². The Hall–Kier alpha value is -0.950. The Balaban J connectivity index is 1.84. The molecule has 7 heteroatoms. The lowest BCUT2D eigenvalue weighted by molar-refractivity contribution is 0.0593. The molecule has 5 nitrogen and oxygen atoms in total. The summed E-state index contributed by atoms with van der Waals surface area (Å²) in [6, 6.07) is 3.36. The first kappa shape index (κ1) is 13.5. The van der Waals surface area contributed by atoms with E-state index >= 15 is 0 Å². The Labute approximate surface area is 114 Å². The Morgan fingerprint density at radius 1 is 1.50 bits per heavy atom. The molecule has 0 aliphatic carbocycles. The topological polar surface area (TPSA) is 64.1 Å². The SMILES string of the molecule is COC(=O)c1ccc(NCC2CSCCS2)nn1. The third-order valence-electron chi connectivity index (χ3n) is 2.45. The van der Waals surface area contributed by atoms with E-state index in [2.05, 4.69) is 20.3 Å². The summed E-state index contributed by atoms with van der Waals surface area (Å²) in [5, 5.41) is 11.6. The molecular weight excluding hydrogens is 270 g/mol. The van der Waals surface area contributed by atoms with Crippen LogP contribution < -0.4 is 5.32 Å². The summed E-state index contributed by atoms with van der Waals surface area (Å²) in [5.74, 6) is 3.86. The molecule has 1 aromatic rings. The number of carbonyl (C=O) groups excluding carboxylic acids is 1. The lowest BCUT2D eigenvalue weighted by atomic mass is 10.4. The van der Waals surface area contributed by atoms with Crippen LogP contribution in [-0.4, -0.2) is 52.3 Å². The Bertz CT molecular complexity index is 394. The van der Waals surface area contributed by atoms with Crippen LogP contribution in [0.5, 0.6) is 0 Å². The maximum Gasteiger partial charge on any atom is 0.358 e. The molecule has 0 saturated carbocycles. The fraction of sp³-hybridized carbons (Fsp3) is 0.545. The van der Waals surface area contributed by atoms with Crippen molar-refractivity contribution in [3.8, 4) is 0 Å². The Morgan fingerprint density at radius 3 is 3.00 bits per heavy atom. The van der Waals surface area contributed by atoms with Gasteiger partial charge in [-0.1, -0.05) is 0 Å². The molecule has 0 aromatic carbocycles. The highest BCUT2D eigenvalue weighted by Crippen LogP contribution is 2.23.